The number of ether oxygens (including phenoxy) is 1. The number of furan rings is 1. The summed E-state index contributed by atoms with van der Waals surface area (Å²) >= 11 is 3.52. The van der Waals surface area contributed by atoms with Gasteiger partial charge in [0.2, 0.25) is 0 Å². The molecule has 4 heteroatoms. The molecule has 0 aliphatic rings. The molecule has 1 aromatic heterocycles. The van der Waals surface area contributed by atoms with E-state index < -0.39 is 0 Å². The Balaban J connectivity index is 2.33. The second-order valence-corrected chi connectivity index (χ2v) is 4.98. The summed E-state index contributed by atoms with van der Waals surface area (Å²) in [6, 6.07) is 10.0. The smallest absolute Gasteiger partial charge is 0.139 e. The molecule has 1 unspecified atom stereocenters. The number of rotatable bonds is 6. The molecule has 1 heterocycles. The van der Waals surface area contributed by atoms with Crippen LogP contribution < -0.4 is 10.1 Å². The lowest BCUT2D eigenvalue weighted by molar-refractivity contribution is 0.339. The molecule has 0 amide bonds. The van der Waals surface area contributed by atoms with Crippen molar-refractivity contribution < 1.29 is 9.15 Å². The van der Waals surface area contributed by atoms with Crippen LogP contribution in [0.15, 0.2) is 45.5 Å². The van der Waals surface area contributed by atoms with Crippen LogP contribution in [0.3, 0.4) is 0 Å². The van der Waals surface area contributed by atoms with Crippen LogP contribution in [0.2, 0.25) is 0 Å². The zero-order valence-corrected chi connectivity index (χ0v) is 12.7. The van der Waals surface area contributed by atoms with Crippen molar-refractivity contribution in [3.05, 3.63) is 52.4 Å². The zero-order valence-electron chi connectivity index (χ0n) is 11.2. The molecule has 1 aromatic carbocycles. The maximum atomic E-state index is 5.58. The highest BCUT2D eigenvalue weighted by Gasteiger charge is 2.19. The van der Waals surface area contributed by atoms with Crippen molar-refractivity contribution in [1.29, 1.82) is 0 Å². The summed E-state index contributed by atoms with van der Waals surface area (Å²) in [5.41, 5.74) is 1.13. The van der Waals surface area contributed by atoms with Crippen LogP contribution in [-0.4, -0.2) is 13.2 Å². The van der Waals surface area contributed by atoms with E-state index >= 15 is 0 Å². The van der Waals surface area contributed by atoms with Crippen LogP contribution in [0.25, 0.3) is 0 Å². The maximum Gasteiger partial charge on any atom is 0.139 e. The minimum Gasteiger partial charge on any atom is -0.494 e. The number of hydrogen-bond donors (Lipinski definition) is 1. The van der Waals surface area contributed by atoms with Gasteiger partial charge < -0.3 is 14.5 Å². The Morgan fingerprint density at radius 1 is 1.32 bits per heavy atom. The van der Waals surface area contributed by atoms with Gasteiger partial charge in [-0.1, -0.05) is 19.1 Å². The van der Waals surface area contributed by atoms with Crippen molar-refractivity contribution in [2.24, 2.45) is 0 Å². The van der Waals surface area contributed by atoms with Gasteiger partial charge in [-0.3, -0.25) is 0 Å². The van der Waals surface area contributed by atoms with Gasteiger partial charge in [-0.25, -0.2) is 0 Å². The molecule has 0 saturated carbocycles. The van der Waals surface area contributed by atoms with E-state index in [2.05, 4.69) is 34.2 Å². The van der Waals surface area contributed by atoms with Gasteiger partial charge in [-0.2, -0.15) is 0 Å². The van der Waals surface area contributed by atoms with Crippen LogP contribution in [0.5, 0.6) is 5.75 Å². The molecule has 19 heavy (non-hydrogen) atoms. The van der Waals surface area contributed by atoms with E-state index in [0.717, 1.165) is 28.1 Å². The Morgan fingerprint density at radius 2 is 2.16 bits per heavy atom. The van der Waals surface area contributed by atoms with E-state index in [1.54, 1.807) is 6.26 Å². The van der Waals surface area contributed by atoms with E-state index in [1.165, 1.54) is 0 Å². The molecular formula is C15H18BrNO2. The van der Waals surface area contributed by atoms with Crippen molar-refractivity contribution in [2.45, 2.75) is 19.9 Å². The maximum absolute atomic E-state index is 5.58. The Hall–Kier alpha value is -1.26. The topological polar surface area (TPSA) is 34.4 Å². The van der Waals surface area contributed by atoms with Gasteiger partial charge in [0, 0.05) is 0 Å². The highest BCUT2D eigenvalue weighted by molar-refractivity contribution is 9.10. The minimum atomic E-state index is 0.0229. The number of benzene rings is 1. The van der Waals surface area contributed by atoms with Crippen molar-refractivity contribution in [2.75, 3.05) is 13.2 Å². The van der Waals surface area contributed by atoms with Gasteiger partial charge >= 0.3 is 0 Å². The SMILES string of the molecule is CCNC(c1cccc(OCC)c1)c1occc1Br. The third kappa shape index (κ3) is 3.39. The van der Waals surface area contributed by atoms with E-state index in [1.807, 2.05) is 31.2 Å². The van der Waals surface area contributed by atoms with Gasteiger partial charge in [0.15, 0.2) is 0 Å². The summed E-state index contributed by atoms with van der Waals surface area (Å²) in [7, 11) is 0. The van der Waals surface area contributed by atoms with Crippen LogP contribution in [0.4, 0.5) is 0 Å². The molecule has 0 spiro atoms. The summed E-state index contributed by atoms with van der Waals surface area (Å²) in [6.07, 6.45) is 1.69. The first kappa shape index (κ1) is 14.2. The molecule has 2 rings (SSSR count). The normalized spacial score (nSPS) is 12.4. The average Bonchev–Trinajstić information content (AvgIpc) is 2.83. The molecule has 3 nitrogen and oxygen atoms in total. The highest BCUT2D eigenvalue weighted by Crippen LogP contribution is 2.31. The Morgan fingerprint density at radius 3 is 2.79 bits per heavy atom. The number of nitrogens with one attached hydrogen (secondary N) is 1. The minimum absolute atomic E-state index is 0.0229. The van der Waals surface area contributed by atoms with Crippen molar-refractivity contribution in [3.8, 4) is 5.75 Å². The summed E-state index contributed by atoms with van der Waals surface area (Å²) in [4.78, 5) is 0. The first-order valence-corrected chi connectivity index (χ1v) is 7.24. The van der Waals surface area contributed by atoms with Crippen molar-refractivity contribution >= 4 is 15.9 Å². The van der Waals surface area contributed by atoms with E-state index in [9.17, 15) is 0 Å². The standard InChI is InChI=1S/C15H18BrNO2/c1-3-17-14(15-13(16)8-9-19-15)11-6-5-7-12(10-11)18-4-2/h5-10,14,17H,3-4H2,1-2H3. The lowest BCUT2D eigenvalue weighted by Crippen LogP contribution is -2.21. The van der Waals surface area contributed by atoms with Crippen LogP contribution in [0, 0.1) is 0 Å². The zero-order chi connectivity index (χ0) is 13.7. The lowest BCUT2D eigenvalue weighted by atomic mass is 10.0. The molecule has 0 aliphatic carbocycles. The second kappa shape index (κ2) is 6.78. The third-order valence-electron chi connectivity index (χ3n) is 2.82. The predicted molar refractivity (Wildman–Crippen MR) is 79.5 cm³/mol. The second-order valence-electron chi connectivity index (χ2n) is 4.13. The Kier molecular flexibility index (Phi) is 5.05. The highest BCUT2D eigenvalue weighted by atomic mass is 79.9. The van der Waals surface area contributed by atoms with Crippen LogP contribution in [-0.2, 0) is 0 Å². The fourth-order valence-corrected chi connectivity index (χ4v) is 2.46. The summed E-state index contributed by atoms with van der Waals surface area (Å²) in [6.45, 7) is 5.59. The summed E-state index contributed by atoms with van der Waals surface area (Å²) < 4.78 is 12.1. The molecule has 0 saturated heterocycles. The molecule has 0 bridgehead atoms. The predicted octanol–water partition coefficient (Wildman–Crippen LogP) is 4.14. The molecule has 102 valence electrons. The summed E-state index contributed by atoms with van der Waals surface area (Å²) in [5.74, 6) is 1.76. The summed E-state index contributed by atoms with van der Waals surface area (Å²) in [5, 5.41) is 3.43. The van der Waals surface area contributed by atoms with Crippen LogP contribution >= 0.6 is 15.9 Å². The van der Waals surface area contributed by atoms with Gasteiger partial charge in [0.1, 0.15) is 11.5 Å². The van der Waals surface area contributed by atoms with Gasteiger partial charge in [0.25, 0.3) is 0 Å². The quantitative estimate of drug-likeness (QED) is 0.867. The molecule has 1 atom stereocenters. The molecule has 2 aromatic rings. The largest absolute Gasteiger partial charge is 0.494 e. The third-order valence-corrected chi connectivity index (χ3v) is 3.47. The van der Waals surface area contributed by atoms with E-state index in [0.29, 0.717) is 6.61 Å². The van der Waals surface area contributed by atoms with E-state index in [-0.39, 0.29) is 6.04 Å². The van der Waals surface area contributed by atoms with E-state index in [4.69, 9.17) is 9.15 Å². The fourth-order valence-electron chi connectivity index (χ4n) is 2.03. The Bertz CT molecular complexity index is 524. The lowest BCUT2D eigenvalue weighted by Gasteiger charge is -2.17. The molecular weight excluding hydrogens is 306 g/mol. The van der Waals surface area contributed by atoms with Crippen LogP contribution in [0.1, 0.15) is 31.2 Å². The first-order chi connectivity index (χ1) is 9.26. The van der Waals surface area contributed by atoms with Gasteiger partial charge in [-0.05, 0) is 53.2 Å². The number of hydrogen-bond acceptors (Lipinski definition) is 3. The fraction of sp³-hybridized carbons (Fsp3) is 0.333. The molecule has 0 fully saturated rings. The first-order valence-electron chi connectivity index (χ1n) is 6.45. The van der Waals surface area contributed by atoms with Crippen molar-refractivity contribution in [3.63, 3.8) is 0 Å². The number of halogens is 1. The Labute approximate surface area is 122 Å². The molecule has 0 radical (unpaired) electrons. The molecule has 0 aliphatic heterocycles. The molecule has 1 N–H and O–H groups in total. The van der Waals surface area contributed by atoms with Gasteiger partial charge in [-0.15, -0.1) is 0 Å². The monoisotopic (exact) mass is 323 g/mol. The van der Waals surface area contributed by atoms with Crippen molar-refractivity contribution in [1.82, 2.24) is 5.32 Å². The van der Waals surface area contributed by atoms with Gasteiger partial charge in [0.05, 0.1) is 23.4 Å². The average molecular weight is 324 g/mol.